The molecule has 1 heterocycles. The van der Waals surface area contributed by atoms with Crippen molar-refractivity contribution in [2.24, 2.45) is 0 Å². The number of rotatable bonds is 7. The zero-order valence-electron chi connectivity index (χ0n) is 13.5. The third kappa shape index (κ3) is 5.14. The molecule has 0 aliphatic carbocycles. The van der Waals surface area contributed by atoms with E-state index in [0.717, 1.165) is 37.5 Å². The summed E-state index contributed by atoms with van der Waals surface area (Å²) in [5.74, 6) is 0. The van der Waals surface area contributed by atoms with Crippen LogP contribution in [-0.4, -0.2) is 53.3 Å². The molecule has 1 aromatic rings. The van der Waals surface area contributed by atoms with Gasteiger partial charge in [0.05, 0.1) is 6.61 Å². The number of nitrogens with one attached hydrogen (secondary N) is 1. The van der Waals surface area contributed by atoms with Crippen LogP contribution in [0.5, 0.6) is 0 Å². The van der Waals surface area contributed by atoms with Crippen molar-refractivity contribution in [3.05, 3.63) is 34.9 Å². The topological polar surface area (TPSA) is 35.5 Å². The zero-order chi connectivity index (χ0) is 15.9. The maximum absolute atomic E-state index is 9.38. The normalized spacial score (nSPS) is 20.0. The van der Waals surface area contributed by atoms with E-state index in [1.54, 1.807) is 11.8 Å². The highest BCUT2D eigenvalue weighted by molar-refractivity contribution is 7.99. The number of hydrogen-bond acceptors (Lipinski definition) is 4. The lowest BCUT2D eigenvalue weighted by Crippen LogP contribution is -2.48. The van der Waals surface area contributed by atoms with Crippen LogP contribution in [0.3, 0.4) is 0 Å². The molecule has 0 spiro atoms. The number of aliphatic hydroxyl groups is 1. The number of piperidine rings is 1. The summed E-state index contributed by atoms with van der Waals surface area (Å²) in [4.78, 5) is 2.47. The number of nitrogens with zero attached hydrogens (tertiary/aromatic N) is 1. The fraction of sp³-hybridized carbons (Fsp3) is 0.647. The highest BCUT2D eigenvalue weighted by atomic mass is 35.5. The molecule has 5 heteroatoms. The van der Waals surface area contributed by atoms with Crippen LogP contribution in [0.25, 0.3) is 0 Å². The Labute approximate surface area is 143 Å². The maximum atomic E-state index is 9.38. The molecule has 1 aliphatic heterocycles. The minimum absolute atomic E-state index is 0.237. The average Bonchev–Trinajstić information content (AvgIpc) is 2.52. The Balaban J connectivity index is 1.77. The average molecular weight is 343 g/mol. The van der Waals surface area contributed by atoms with E-state index in [2.05, 4.69) is 35.5 Å². The van der Waals surface area contributed by atoms with Crippen LogP contribution < -0.4 is 5.32 Å². The number of benzene rings is 1. The molecule has 2 atom stereocenters. The van der Waals surface area contributed by atoms with Gasteiger partial charge in [-0.05, 0) is 50.7 Å². The van der Waals surface area contributed by atoms with Crippen LogP contribution in [0.4, 0.5) is 0 Å². The molecule has 2 unspecified atom stereocenters. The van der Waals surface area contributed by atoms with Gasteiger partial charge in [0.15, 0.2) is 0 Å². The van der Waals surface area contributed by atoms with Crippen LogP contribution in [0, 0.1) is 0 Å². The van der Waals surface area contributed by atoms with Gasteiger partial charge < -0.3 is 10.4 Å². The summed E-state index contributed by atoms with van der Waals surface area (Å²) in [6.45, 7) is 5.54. The Kier molecular flexibility index (Phi) is 7.51. The fourth-order valence-electron chi connectivity index (χ4n) is 3.04. The first kappa shape index (κ1) is 18.1. The molecule has 1 aliphatic rings. The van der Waals surface area contributed by atoms with Crippen LogP contribution in [0.1, 0.15) is 25.3 Å². The highest BCUT2D eigenvalue weighted by Gasteiger charge is 2.23. The molecule has 0 aromatic heterocycles. The van der Waals surface area contributed by atoms with Crippen molar-refractivity contribution in [1.29, 1.82) is 0 Å². The third-order valence-corrected chi connectivity index (χ3v) is 6.01. The molecule has 3 nitrogen and oxygen atoms in total. The van der Waals surface area contributed by atoms with E-state index >= 15 is 0 Å². The molecular formula is C17H27ClN2OS. The van der Waals surface area contributed by atoms with Gasteiger partial charge in [-0.25, -0.2) is 0 Å². The molecule has 0 saturated carbocycles. The van der Waals surface area contributed by atoms with Gasteiger partial charge in [-0.3, -0.25) is 4.90 Å². The van der Waals surface area contributed by atoms with Crippen LogP contribution in [0.15, 0.2) is 24.3 Å². The van der Waals surface area contributed by atoms with E-state index in [1.807, 2.05) is 12.1 Å². The van der Waals surface area contributed by atoms with Crippen LogP contribution in [-0.2, 0) is 6.54 Å². The minimum Gasteiger partial charge on any atom is -0.395 e. The second kappa shape index (κ2) is 9.14. The molecule has 124 valence electrons. The van der Waals surface area contributed by atoms with Crippen molar-refractivity contribution >= 4 is 23.4 Å². The van der Waals surface area contributed by atoms with Crippen molar-refractivity contribution < 1.29 is 5.11 Å². The van der Waals surface area contributed by atoms with E-state index in [-0.39, 0.29) is 11.9 Å². The zero-order valence-corrected chi connectivity index (χ0v) is 15.0. The first-order chi connectivity index (χ1) is 10.6. The second-order valence-electron chi connectivity index (χ2n) is 6.05. The van der Waals surface area contributed by atoms with Gasteiger partial charge in [0.1, 0.15) is 0 Å². The van der Waals surface area contributed by atoms with Gasteiger partial charge in [-0.1, -0.05) is 29.8 Å². The van der Waals surface area contributed by atoms with E-state index in [4.69, 9.17) is 11.6 Å². The Morgan fingerprint density at radius 3 is 2.64 bits per heavy atom. The molecule has 1 fully saturated rings. The summed E-state index contributed by atoms with van der Waals surface area (Å²) < 4.78 is 0. The SMILES string of the molecule is CSC(CO)C(C)NC1CCN(Cc2ccccc2Cl)CC1. The predicted octanol–water partition coefficient (Wildman–Crippen LogP) is 3.01. The summed E-state index contributed by atoms with van der Waals surface area (Å²) in [5.41, 5.74) is 1.21. The van der Waals surface area contributed by atoms with Gasteiger partial charge in [-0.15, -0.1) is 0 Å². The Morgan fingerprint density at radius 1 is 1.36 bits per heavy atom. The third-order valence-electron chi connectivity index (χ3n) is 4.48. The lowest BCUT2D eigenvalue weighted by Gasteiger charge is -2.35. The van der Waals surface area contributed by atoms with E-state index in [0.29, 0.717) is 12.1 Å². The largest absolute Gasteiger partial charge is 0.395 e. The Hall–Kier alpha value is -0.260. The maximum Gasteiger partial charge on any atom is 0.0564 e. The van der Waals surface area contributed by atoms with E-state index in [9.17, 15) is 5.11 Å². The van der Waals surface area contributed by atoms with Gasteiger partial charge in [0.2, 0.25) is 0 Å². The number of likely N-dealkylation sites (tertiary alicyclic amines) is 1. The molecule has 1 saturated heterocycles. The lowest BCUT2D eigenvalue weighted by atomic mass is 10.0. The van der Waals surface area contributed by atoms with Crippen molar-refractivity contribution in [2.45, 2.75) is 43.6 Å². The quantitative estimate of drug-likeness (QED) is 0.798. The second-order valence-corrected chi connectivity index (χ2v) is 7.54. The first-order valence-corrected chi connectivity index (χ1v) is 9.66. The highest BCUT2D eigenvalue weighted by Crippen LogP contribution is 2.20. The summed E-state index contributed by atoms with van der Waals surface area (Å²) in [7, 11) is 0. The number of hydrogen-bond donors (Lipinski definition) is 2. The standard InChI is InChI=1S/C17H27ClN2OS/c1-13(17(12-21)22-2)19-15-7-9-20(10-8-15)11-14-5-3-4-6-16(14)18/h3-6,13,15,17,19,21H,7-12H2,1-2H3. The Bertz CT molecular complexity index is 448. The fourth-order valence-corrected chi connectivity index (χ4v) is 3.87. The summed E-state index contributed by atoms with van der Waals surface area (Å²) in [5, 5.41) is 14.2. The van der Waals surface area contributed by atoms with Gasteiger partial charge in [0.25, 0.3) is 0 Å². The van der Waals surface area contributed by atoms with Crippen LogP contribution >= 0.6 is 23.4 Å². The monoisotopic (exact) mass is 342 g/mol. The number of thioether (sulfide) groups is 1. The van der Waals surface area contributed by atoms with Gasteiger partial charge in [0, 0.05) is 28.9 Å². The first-order valence-electron chi connectivity index (χ1n) is 7.99. The minimum atomic E-state index is 0.237. The number of aliphatic hydroxyl groups excluding tert-OH is 1. The molecule has 1 aromatic carbocycles. The molecule has 0 radical (unpaired) electrons. The molecule has 0 amide bonds. The van der Waals surface area contributed by atoms with Crippen LogP contribution in [0.2, 0.25) is 5.02 Å². The Morgan fingerprint density at radius 2 is 2.05 bits per heavy atom. The van der Waals surface area contributed by atoms with Gasteiger partial charge >= 0.3 is 0 Å². The molecule has 0 bridgehead atoms. The predicted molar refractivity (Wildman–Crippen MR) is 96.7 cm³/mol. The summed E-state index contributed by atoms with van der Waals surface area (Å²) >= 11 is 7.98. The van der Waals surface area contributed by atoms with Crippen molar-refractivity contribution in [2.75, 3.05) is 26.0 Å². The smallest absolute Gasteiger partial charge is 0.0564 e. The van der Waals surface area contributed by atoms with Crippen molar-refractivity contribution in [1.82, 2.24) is 10.2 Å². The summed E-state index contributed by atoms with van der Waals surface area (Å²) in [6.07, 6.45) is 4.37. The lowest BCUT2D eigenvalue weighted by molar-refractivity contribution is 0.180. The molecule has 22 heavy (non-hydrogen) atoms. The molecular weight excluding hydrogens is 316 g/mol. The number of halogens is 1. The molecule has 2 N–H and O–H groups in total. The van der Waals surface area contributed by atoms with Crippen molar-refractivity contribution in [3.63, 3.8) is 0 Å². The summed E-state index contributed by atoms with van der Waals surface area (Å²) in [6, 6.07) is 9.00. The van der Waals surface area contributed by atoms with E-state index < -0.39 is 0 Å². The van der Waals surface area contributed by atoms with Gasteiger partial charge in [-0.2, -0.15) is 11.8 Å². The molecule has 2 rings (SSSR count). The van der Waals surface area contributed by atoms with E-state index in [1.165, 1.54) is 5.56 Å². The van der Waals surface area contributed by atoms with Crippen molar-refractivity contribution in [3.8, 4) is 0 Å².